The van der Waals surface area contributed by atoms with Crippen LogP contribution >= 0.6 is 0 Å². The standard InChI is InChI=1S/C16H19NOSi/c1-9-10(2)13(14(17)16(19)11(9)3)15(18)12-7-5-4-6-8-12/h4-8H,17H2,1-3,19H3. The summed E-state index contributed by atoms with van der Waals surface area (Å²) in [5.74, 6) is 0.0239. The average Bonchev–Trinajstić information content (AvgIpc) is 2.44. The molecule has 0 fully saturated rings. The molecule has 0 atom stereocenters. The summed E-state index contributed by atoms with van der Waals surface area (Å²) < 4.78 is 0. The SMILES string of the molecule is Cc1c(C)c([SiH3])c(N)c(C(=O)c2ccccc2)c1C. The Morgan fingerprint density at radius 2 is 1.58 bits per heavy atom. The molecule has 2 N–H and O–H groups in total. The van der Waals surface area contributed by atoms with Crippen molar-refractivity contribution in [1.82, 2.24) is 0 Å². The lowest BCUT2D eigenvalue weighted by atomic mass is 9.91. The van der Waals surface area contributed by atoms with Gasteiger partial charge in [0.2, 0.25) is 0 Å². The fraction of sp³-hybridized carbons (Fsp3) is 0.188. The van der Waals surface area contributed by atoms with E-state index in [1.807, 2.05) is 37.3 Å². The van der Waals surface area contributed by atoms with Crippen molar-refractivity contribution in [2.24, 2.45) is 0 Å². The predicted molar refractivity (Wildman–Crippen MR) is 84.5 cm³/mol. The molecule has 0 aromatic heterocycles. The van der Waals surface area contributed by atoms with Gasteiger partial charge in [-0.05, 0) is 42.6 Å². The van der Waals surface area contributed by atoms with E-state index >= 15 is 0 Å². The van der Waals surface area contributed by atoms with Crippen LogP contribution in [0.2, 0.25) is 0 Å². The van der Waals surface area contributed by atoms with Gasteiger partial charge >= 0.3 is 0 Å². The molecule has 2 rings (SSSR count). The summed E-state index contributed by atoms with van der Waals surface area (Å²) in [6, 6.07) is 9.33. The number of benzene rings is 2. The molecular formula is C16H19NOSi. The second-order valence-corrected chi connectivity index (χ2v) is 5.98. The van der Waals surface area contributed by atoms with Crippen LogP contribution in [0, 0.1) is 20.8 Å². The highest BCUT2D eigenvalue weighted by atomic mass is 28.1. The molecule has 0 aliphatic heterocycles. The van der Waals surface area contributed by atoms with Crippen LogP contribution in [0.3, 0.4) is 0 Å². The predicted octanol–water partition coefficient (Wildman–Crippen LogP) is 1.42. The Hall–Kier alpha value is -1.87. The summed E-state index contributed by atoms with van der Waals surface area (Å²) in [6.45, 7) is 6.13. The topological polar surface area (TPSA) is 43.1 Å². The van der Waals surface area contributed by atoms with Crippen LogP contribution < -0.4 is 10.9 Å². The van der Waals surface area contributed by atoms with E-state index in [9.17, 15) is 4.79 Å². The van der Waals surface area contributed by atoms with Crippen molar-refractivity contribution in [3.8, 4) is 0 Å². The van der Waals surface area contributed by atoms with Crippen molar-refractivity contribution in [2.75, 3.05) is 5.73 Å². The molecule has 3 heteroatoms. The van der Waals surface area contributed by atoms with Crippen molar-refractivity contribution >= 4 is 26.9 Å². The van der Waals surface area contributed by atoms with Gasteiger partial charge in [-0.3, -0.25) is 4.79 Å². The highest BCUT2D eigenvalue weighted by molar-refractivity contribution is 6.38. The van der Waals surface area contributed by atoms with E-state index in [0.29, 0.717) is 16.8 Å². The lowest BCUT2D eigenvalue weighted by molar-refractivity contribution is 0.103. The van der Waals surface area contributed by atoms with Gasteiger partial charge in [-0.15, -0.1) is 0 Å². The van der Waals surface area contributed by atoms with Gasteiger partial charge in [-0.2, -0.15) is 0 Å². The number of hydrogen-bond donors (Lipinski definition) is 1. The summed E-state index contributed by atoms with van der Waals surface area (Å²) in [4.78, 5) is 12.6. The van der Waals surface area contributed by atoms with Gasteiger partial charge < -0.3 is 5.73 Å². The molecule has 2 aromatic carbocycles. The number of carbonyl (C=O) groups is 1. The minimum absolute atomic E-state index is 0.0239. The summed E-state index contributed by atoms with van der Waals surface area (Å²) >= 11 is 0. The van der Waals surface area contributed by atoms with Crippen molar-refractivity contribution in [1.29, 1.82) is 0 Å². The lowest BCUT2D eigenvalue weighted by Gasteiger charge is -2.17. The highest BCUT2D eigenvalue weighted by Crippen LogP contribution is 2.24. The average molecular weight is 269 g/mol. The maximum absolute atomic E-state index is 12.6. The molecule has 19 heavy (non-hydrogen) atoms. The maximum Gasteiger partial charge on any atom is 0.195 e. The molecule has 2 aromatic rings. The van der Waals surface area contributed by atoms with E-state index in [0.717, 1.165) is 21.0 Å². The first-order chi connectivity index (χ1) is 8.95. The lowest BCUT2D eigenvalue weighted by Crippen LogP contribution is -2.22. The molecule has 0 radical (unpaired) electrons. The van der Waals surface area contributed by atoms with Gasteiger partial charge in [0.1, 0.15) is 0 Å². The number of rotatable bonds is 2. The smallest absolute Gasteiger partial charge is 0.195 e. The summed E-state index contributed by atoms with van der Waals surface area (Å²) in [6.07, 6.45) is 0. The zero-order valence-electron chi connectivity index (χ0n) is 11.9. The van der Waals surface area contributed by atoms with Crippen molar-refractivity contribution in [2.45, 2.75) is 20.8 Å². The summed E-state index contributed by atoms with van der Waals surface area (Å²) in [7, 11) is 0.854. The molecule has 0 saturated heterocycles. The Morgan fingerprint density at radius 1 is 1.00 bits per heavy atom. The molecule has 0 saturated carbocycles. The first-order valence-corrected chi connectivity index (χ1v) is 7.40. The van der Waals surface area contributed by atoms with Crippen LogP contribution in [0.4, 0.5) is 5.69 Å². The number of nitrogens with two attached hydrogens (primary N) is 1. The molecule has 0 heterocycles. The summed E-state index contributed by atoms with van der Waals surface area (Å²) in [5.41, 5.74) is 11.7. The number of carbonyl (C=O) groups excluding carboxylic acids is 1. The van der Waals surface area contributed by atoms with Gasteiger partial charge in [0, 0.05) is 27.1 Å². The van der Waals surface area contributed by atoms with Crippen LogP contribution in [0.15, 0.2) is 30.3 Å². The Balaban J connectivity index is 2.67. The van der Waals surface area contributed by atoms with Crippen molar-refractivity contribution in [3.63, 3.8) is 0 Å². The van der Waals surface area contributed by atoms with E-state index in [-0.39, 0.29) is 5.78 Å². The molecule has 0 amide bonds. The molecule has 0 unspecified atom stereocenters. The molecular weight excluding hydrogens is 250 g/mol. The summed E-state index contributed by atoms with van der Waals surface area (Å²) in [5, 5.41) is 1.14. The Bertz CT molecular complexity index is 619. The van der Waals surface area contributed by atoms with Crippen molar-refractivity contribution < 1.29 is 4.79 Å². The number of ketones is 1. The largest absolute Gasteiger partial charge is 0.398 e. The third-order valence-electron chi connectivity index (χ3n) is 4.00. The number of anilines is 1. The zero-order chi connectivity index (χ0) is 14.2. The minimum atomic E-state index is 0.0239. The quantitative estimate of drug-likeness (QED) is 0.509. The monoisotopic (exact) mass is 269 g/mol. The third kappa shape index (κ3) is 2.21. The highest BCUT2D eigenvalue weighted by Gasteiger charge is 2.19. The van der Waals surface area contributed by atoms with Crippen molar-refractivity contribution in [3.05, 3.63) is 58.1 Å². The van der Waals surface area contributed by atoms with E-state index < -0.39 is 0 Å². The molecule has 2 nitrogen and oxygen atoms in total. The van der Waals surface area contributed by atoms with Gasteiger partial charge in [0.05, 0.1) is 0 Å². The van der Waals surface area contributed by atoms with Crippen LogP contribution in [0.25, 0.3) is 0 Å². The Kier molecular flexibility index (Phi) is 3.58. The van der Waals surface area contributed by atoms with Gasteiger partial charge in [-0.1, -0.05) is 30.3 Å². The maximum atomic E-state index is 12.6. The Labute approximate surface area is 117 Å². The minimum Gasteiger partial charge on any atom is -0.398 e. The second kappa shape index (κ2) is 5.01. The third-order valence-corrected chi connectivity index (χ3v) is 5.29. The molecule has 0 bridgehead atoms. The zero-order valence-corrected chi connectivity index (χ0v) is 13.9. The molecule has 0 aliphatic carbocycles. The van der Waals surface area contributed by atoms with Crippen LogP contribution in [0.1, 0.15) is 32.6 Å². The van der Waals surface area contributed by atoms with E-state index in [4.69, 9.17) is 5.73 Å². The second-order valence-electron chi connectivity index (χ2n) is 4.98. The van der Waals surface area contributed by atoms with E-state index in [1.165, 1.54) is 11.1 Å². The van der Waals surface area contributed by atoms with Gasteiger partial charge in [0.25, 0.3) is 0 Å². The van der Waals surface area contributed by atoms with E-state index in [1.54, 1.807) is 0 Å². The molecule has 98 valence electrons. The van der Waals surface area contributed by atoms with Crippen LogP contribution in [-0.4, -0.2) is 16.0 Å². The van der Waals surface area contributed by atoms with Gasteiger partial charge in [0.15, 0.2) is 5.78 Å². The molecule has 0 aliphatic rings. The number of hydrogen-bond acceptors (Lipinski definition) is 2. The van der Waals surface area contributed by atoms with E-state index in [2.05, 4.69) is 13.8 Å². The first kappa shape index (κ1) is 13.6. The van der Waals surface area contributed by atoms with Crippen LogP contribution in [0.5, 0.6) is 0 Å². The first-order valence-electron chi connectivity index (χ1n) is 6.40. The number of nitrogen functional groups attached to an aromatic ring is 1. The normalized spacial score (nSPS) is 10.7. The fourth-order valence-electron chi connectivity index (χ4n) is 2.37. The Morgan fingerprint density at radius 3 is 2.16 bits per heavy atom. The fourth-order valence-corrected chi connectivity index (χ4v) is 2.99. The van der Waals surface area contributed by atoms with Crippen LogP contribution in [-0.2, 0) is 0 Å². The van der Waals surface area contributed by atoms with Gasteiger partial charge in [-0.25, -0.2) is 0 Å². The molecule has 0 spiro atoms.